The van der Waals surface area contributed by atoms with Crippen molar-refractivity contribution in [1.82, 2.24) is 4.57 Å². The van der Waals surface area contributed by atoms with Crippen molar-refractivity contribution < 1.29 is 14.5 Å². The fraction of sp³-hybridized carbons (Fsp3) is 0.632. The average Bonchev–Trinajstić information content (AvgIpc) is 2.59. The first kappa shape index (κ1) is 22.3. The molecule has 0 N–H and O–H groups in total. The van der Waals surface area contributed by atoms with E-state index in [0.717, 1.165) is 32.0 Å². The summed E-state index contributed by atoms with van der Waals surface area (Å²) >= 11 is 0. The first-order valence-electron chi connectivity index (χ1n) is 9.40. The molecule has 1 unspecified atom stereocenters. The Morgan fingerprint density at radius 2 is 1.85 bits per heavy atom. The lowest BCUT2D eigenvalue weighted by molar-refractivity contribution is -0.386. The summed E-state index contributed by atoms with van der Waals surface area (Å²) < 4.78 is 7.96. The van der Waals surface area contributed by atoms with Crippen LogP contribution in [-0.2, 0) is 9.53 Å². The average molecular weight is 381 g/mol. The Morgan fingerprint density at radius 3 is 2.42 bits per heavy atom. The number of hydrogen-bond acceptors (Lipinski definition) is 5. The van der Waals surface area contributed by atoms with Crippen LogP contribution in [0.2, 0.25) is 19.1 Å². The summed E-state index contributed by atoms with van der Waals surface area (Å²) in [5.41, 5.74) is 0.417. The van der Waals surface area contributed by atoms with Crippen molar-refractivity contribution in [3.05, 3.63) is 39.9 Å². The zero-order valence-corrected chi connectivity index (χ0v) is 17.7. The van der Waals surface area contributed by atoms with E-state index in [1.54, 1.807) is 25.1 Å². The molecule has 0 fully saturated rings. The van der Waals surface area contributed by atoms with Gasteiger partial charge in [-0.1, -0.05) is 45.5 Å². The van der Waals surface area contributed by atoms with Gasteiger partial charge in [-0.15, -0.1) is 0 Å². The van der Waals surface area contributed by atoms with Gasteiger partial charge in [0.05, 0.1) is 10.5 Å². The summed E-state index contributed by atoms with van der Waals surface area (Å²) in [4.78, 5) is 22.7. The van der Waals surface area contributed by atoms with E-state index < -0.39 is 19.3 Å². The second kappa shape index (κ2) is 10.4. The van der Waals surface area contributed by atoms with Crippen molar-refractivity contribution in [1.29, 1.82) is 0 Å². The van der Waals surface area contributed by atoms with Gasteiger partial charge in [0, 0.05) is 12.5 Å². The number of rotatable bonds is 11. The zero-order valence-electron chi connectivity index (χ0n) is 16.7. The minimum absolute atomic E-state index is 0.0141. The van der Waals surface area contributed by atoms with Gasteiger partial charge in [0.2, 0.25) is 0 Å². The van der Waals surface area contributed by atoms with E-state index in [-0.39, 0.29) is 11.7 Å². The molecule has 6 nitrogen and oxygen atoms in total. The maximum Gasteiger partial charge on any atom is 0.306 e. The van der Waals surface area contributed by atoms with Crippen LogP contribution >= 0.6 is 0 Å². The van der Waals surface area contributed by atoms with Crippen LogP contribution in [0.15, 0.2) is 24.3 Å². The number of unbranched alkanes of at least 4 members (excludes halogenated alkanes) is 1. The Morgan fingerprint density at radius 1 is 1.23 bits per heavy atom. The minimum atomic E-state index is -1.40. The van der Waals surface area contributed by atoms with Crippen LogP contribution in [-0.4, -0.2) is 36.8 Å². The van der Waals surface area contributed by atoms with Crippen molar-refractivity contribution in [3.8, 4) is 0 Å². The van der Waals surface area contributed by atoms with Gasteiger partial charge in [-0.05, 0) is 38.5 Å². The number of nitro groups is 1. The molecule has 1 aromatic carbocycles. The molecule has 7 heteroatoms. The van der Waals surface area contributed by atoms with E-state index in [1.165, 1.54) is 6.07 Å². The van der Waals surface area contributed by atoms with Crippen molar-refractivity contribution >= 4 is 19.9 Å². The minimum Gasteiger partial charge on any atom is -0.458 e. The predicted octanol–water partition coefficient (Wildman–Crippen LogP) is 4.92. The highest BCUT2D eigenvalue weighted by molar-refractivity contribution is 6.74. The van der Waals surface area contributed by atoms with Crippen LogP contribution in [0.5, 0.6) is 0 Å². The summed E-state index contributed by atoms with van der Waals surface area (Å²) in [5.74, 6) is -0.294. The standard InChI is InChI=1S/C19H32N2O4Si/c1-6-20(7-2)26(4,5)15-11-10-14-19(22)25-16(3)17-12-8-9-13-18(17)21(23)24/h8-9,12-13,16H,6-7,10-11,14-15H2,1-5H3. The third kappa shape index (κ3) is 6.53. The van der Waals surface area contributed by atoms with Crippen molar-refractivity contribution in [2.45, 2.75) is 65.3 Å². The largest absolute Gasteiger partial charge is 0.458 e. The molecule has 0 aliphatic rings. The maximum atomic E-state index is 12.1. The second-order valence-electron chi connectivity index (χ2n) is 7.14. The molecule has 0 spiro atoms. The summed E-state index contributed by atoms with van der Waals surface area (Å²) in [6, 6.07) is 7.54. The van der Waals surface area contributed by atoms with E-state index in [1.807, 2.05) is 0 Å². The smallest absolute Gasteiger partial charge is 0.306 e. The molecule has 0 saturated heterocycles. The van der Waals surface area contributed by atoms with Gasteiger partial charge < -0.3 is 9.30 Å². The number of nitro benzene ring substituents is 1. The molecule has 0 saturated carbocycles. The van der Waals surface area contributed by atoms with Crippen molar-refractivity contribution in [2.24, 2.45) is 0 Å². The monoisotopic (exact) mass is 380 g/mol. The van der Waals surface area contributed by atoms with Crippen molar-refractivity contribution in [2.75, 3.05) is 13.1 Å². The van der Waals surface area contributed by atoms with Gasteiger partial charge in [0.25, 0.3) is 5.69 Å². The highest BCUT2D eigenvalue weighted by atomic mass is 28.3. The van der Waals surface area contributed by atoms with Gasteiger partial charge in [-0.25, -0.2) is 0 Å². The highest BCUT2D eigenvalue weighted by Crippen LogP contribution is 2.27. The first-order chi connectivity index (χ1) is 12.2. The molecule has 146 valence electrons. The van der Waals surface area contributed by atoms with Crippen molar-refractivity contribution in [3.63, 3.8) is 0 Å². The Bertz CT molecular complexity index is 603. The normalized spacial score (nSPS) is 12.8. The molecular weight excluding hydrogens is 348 g/mol. The number of ether oxygens (including phenoxy) is 1. The fourth-order valence-corrected chi connectivity index (χ4v) is 6.53. The van der Waals surface area contributed by atoms with Gasteiger partial charge in [0.1, 0.15) is 14.3 Å². The molecule has 0 aliphatic carbocycles. The highest BCUT2D eigenvalue weighted by Gasteiger charge is 2.26. The van der Waals surface area contributed by atoms with E-state index >= 15 is 0 Å². The lowest BCUT2D eigenvalue weighted by Gasteiger charge is -2.35. The first-order valence-corrected chi connectivity index (χ1v) is 12.6. The number of hydrogen-bond donors (Lipinski definition) is 0. The SMILES string of the molecule is CCN(CC)[Si](C)(C)CCCCC(=O)OC(C)c1ccccc1[N+](=O)[O-]. The van der Waals surface area contributed by atoms with Gasteiger partial charge in [-0.3, -0.25) is 14.9 Å². The summed E-state index contributed by atoms with van der Waals surface area (Å²) in [6.07, 6.45) is 1.53. The predicted molar refractivity (Wildman–Crippen MR) is 107 cm³/mol. The number of benzene rings is 1. The van der Waals surface area contributed by atoms with E-state index in [0.29, 0.717) is 12.0 Å². The number of carbonyl (C=O) groups excluding carboxylic acids is 1. The molecule has 1 aromatic rings. The van der Waals surface area contributed by atoms with Crippen LogP contribution < -0.4 is 0 Å². The van der Waals surface area contributed by atoms with Crippen LogP contribution in [0.4, 0.5) is 5.69 Å². The molecule has 0 heterocycles. The van der Waals surface area contributed by atoms with Crippen LogP contribution in [0, 0.1) is 10.1 Å². The van der Waals surface area contributed by atoms with E-state index in [9.17, 15) is 14.9 Å². The van der Waals surface area contributed by atoms with Gasteiger partial charge in [-0.2, -0.15) is 0 Å². The molecular formula is C19H32N2O4Si. The van der Waals surface area contributed by atoms with E-state index in [4.69, 9.17) is 4.74 Å². The number of esters is 1. The Labute approximate surface area is 157 Å². The third-order valence-electron chi connectivity index (χ3n) is 4.92. The molecule has 0 aromatic heterocycles. The molecule has 0 aliphatic heterocycles. The Balaban J connectivity index is 2.47. The topological polar surface area (TPSA) is 72.7 Å². The quantitative estimate of drug-likeness (QED) is 0.179. The molecule has 1 atom stereocenters. The lowest BCUT2D eigenvalue weighted by Crippen LogP contribution is -2.48. The molecule has 1 rings (SSSR count). The Hall–Kier alpha value is -1.73. The number of nitrogens with zero attached hydrogens (tertiary/aromatic N) is 2. The zero-order chi connectivity index (χ0) is 19.7. The summed E-state index contributed by atoms with van der Waals surface area (Å²) in [6.45, 7) is 13.0. The van der Waals surface area contributed by atoms with Crippen LogP contribution in [0.1, 0.15) is 51.7 Å². The second-order valence-corrected chi connectivity index (χ2v) is 11.9. The molecule has 0 amide bonds. The van der Waals surface area contributed by atoms with Gasteiger partial charge in [0.15, 0.2) is 0 Å². The number of para-hydroxylation sites is 1. The molecule has 0 radical (unpaired) electrons. The maximum absolute atomic E-state index is 12.1. The van der Waals surface area contributed by atoms with E-state index in [2.05, 4.69) is 31.5 Å². The summed E-state index contributed by atoms with van der Waals surface area (Å²) in [5, 5.41) is 11.1. The molecule has 0 bridgehead atoms. The van der Waals surface area contributed by atoms with Crippen LogP contribution in [0.25, 0.3) is 0 Å². The van der Waals surface area contributed by atoms with Gasteiger partial charge >= 0.3 is 5.97 Å². The fourth-order valence-electron chi connectivity index (χ4n) is 3.38. The molecule has 26 heavy (non-hydrogen) atoms. The number of carbonyl (C=O) groups is 1. The lowest BCUT2D eigenvalue weighted by atomic mass is 10.1. The third-order valence-corrected chi connectivity index (χ3v) is 8.84. The summed E-state index contributed by atoms with van der Waals surface area (Å²) in [7, 11) is -1.40. The Kier molecular flexibility index (Phi) is 8.94. The van der Waals surface area contributed by atoms with Crippen LogP contribution in [0.3, 0.4) is 0 Å².